The minimum absolute atomic E-state index is 0. The molecule has 28 nitrogen and oxygen atoms in total. The fraction of sp³-hybridized carbons (Fsp3) is 0.108. The van der Waals surface area contributed by atoms with Crippen molar-refractivity contribution in [3.05, 3.63) is 98.4 Å². The van der Waals surface area contributed by atoms with Crippen molar-refractivity contribution in [2.45, 2.75) is 27.7 Å². The van der Waals surface area contributed by atoms with Gasteiger partial charge < -0.3 is 56.2 Å². The first-order valence-corrected chi connectivity index (χ1v) is 17.9. The number of carboxylic acids is 4. The molecule has 0 spiro atoms. The Morgan fingerprint density at radius 1 is 0.571 bits per heavy atom. The normalized spacial score (nSPS) is 10.5. The van der Waals surface area contributed by atoms with Crippen LogP contribution in [0, 0.1) is 45.6 Å². The Morgan fingerprint density at radius 2 is 0.929 bits per heavy atom. The number of nitrogen functional groups attached to an aromatic ring is 2. The Kier molecular flexibility index (Phi) is 21.5. The van der Waals surface area contributed by atoms with E-state index >= 15 is 0 Å². The molecule has 7 aromatic rings. The van der Waals surface area contributed by atoms with Gasteiger partial charge in [-0.25, -0.2) is 24.2 Å². The number of benzene rings is 2. The molecule has 0 unspecified atom stereocenters. The average Bonchev–Trinajstić information content (AvgIpc) is 3.95. The topological polar surface area (TPSA) is 423 Å². The molecule has 0 aliphatic rings. The molecule has 5 heterocycles. The molecule has 0 bridgehead atoms. The van der Waals surface area contributed by atoms with E-state index in [1.54, 1.807) is 0 Å². The van der Waals surface area contributed by atoms with Crippen LogP contribution in [0.1, 0.15) is 69.8 Å². The van der Waals surface area contributed by atoms with Gasteiger partial charge in [0.2, 0.25) is 0 Å². The molecule has 7 rings (SSSR count). The standard InChI is InChI=1S/C37H27N19O9.5Na/c1-13-23(12-38)29(53(49-13)21-8-17(31(57)58)6-18(9-21)32(59)60)47-45-24-14(2)51-55(27(24)39)35-42-36(44-37(65)43-35)56-28(40)25(15(3)52-56)46-48-30-26(41-5)16(4)50-54(30)22-10-19(33(61)62)7-20(11-22)34(63)64;;;;;/h6-11H,39-40H2,1-4H3,(H,57,58)(H,59,60)(H,61,62)(H,63,64)(H,42,43,44,65);;;;;/q;5*+1/p-5. The van der Waals surface area contributed by atoms with E-state index in [1.807, 2.05) is 6.07 Å². The zero-order valence-corrected chi connectivity index (χ0v) is 48.4. The number of nitriles is 1. The number of azo groups is 2. The molecule has 0 amide bonds. The SMILES string of the molecule is [C-]#[N+]c1c(C)nn(-c2cc(C(=O)[O-])cc(C(=O)[O-])c2)c1N=Nc1c(C)nn(-c2nc([O-])nc(-n3nc(C)c(N=Nc4c(C#N)c(C)nn4-c4cc(C(=O)[O-])cc(C(=O)[O-])c4)c3N)n2)c1N.[Na+].[Na+].[Na+].[Na+].[Na+]. The summed E-state index contributed by atoms with van der Waals surface area (Å²) in [6, 6.07) is 6.60. The van der Waals surface area contributed by atoms with Crippen LogP contribution < -0.4 is 185 Å². The zero-order valence-electron chi connectivity index (χ0n) is 38.4. The second-order valence-corrected chi connectivity index (χ2v) is 13.4. The van der Waals surface area contributed by atoms with Crippen molar-refractivity contribution in [3.63, 3.8) is 0 Å². The summed E-state index contributed by atoms with van der Waals surface area (Å²) in [5.74, 6) is -8.83. The van der Waals surface area contributed by atoms with Gasteiger partial charge in [0.05, 0.1) is 70.6 Å². The summed E-state index contributed by atoms with van der Waals surface area (Å²) in [6.07, 6.45) is 0. The Labute approximate surface area is 503 Å². The first-order valence-electron chi connectivity index (χ1n) is 17.9. The summed E-state index contributed by atoms with van der Waals surface area (Å²) in [6.45, 7) is 13.5. The number of aromatic carboxylic acids is 4. The van der Waals surface area contributed by atoms with E-state index in [4.69, 9.17) is 18.0 Å². The molecule has 0 atom stereocenters. The van der Waals surface area contributed by atoms with Crippen molar-refractivity contribution < 1.29 is 192 Å². The van der Waals surface area contributed by atoms with Crippen molar-refractivity contribution >= 4 is 64.2 Å². The number of nitrogens with two attached hydrogens (primary N) is 2. The van der Waals surface area contributed by atoms with E-state index in [0.29, 0.717) is 0 Å². The number of carboxylic acid groups (broad SMARTS) is 4. The molecule has 324 valence electrons. The van der Waals surface area contributed by atoms with Gasteiger partial charge >= 0.3 is 148 Å². The molecular weight excluding hydrogens is 969 g/mol. The molecule has 0 saturated carbocycles. The number of aryl methyl sites for hydroxylation is 4. The molecule has 33 heteroatoms. The van der Waals surface area contributed by atoms with Crippen LogP contribution in [0.4, 0.5) is 40.3 Å². The molecule has 0 aliphatic carbocycles. The van der Waals surface area contributed by atoms with Gasteiger partial charge in [0.25, 0.3) is 17.6 Å². The van der Waals surface area contributed by atoms with E-state index < -0.39 is 64.0 Å². The number of rotatable bonds is 12. The van der Waals surface area contributed by atoms with Crippen LogP contribution in [0.15, 0.2) is 56.9 Å². The molecule has 2 aromatic carbocycles. The average molecular weight is 992 g/mol. The maximum Gasteiger partial charge on any atom is 1.00 e. The predicted molar refractivity (Wildman–Crippen MR) is 205 cm³/mol. The third kappa shape index (κ3) is 12.1. The first kappa shape index (κ1) is 60.9. The van der Waals surface area contributed by atoms with Crippen molar-refractivity contribution in [1.82, 2.24) is 54.1 Å². The molecule has 5 aromatic heterocycles. The maximum atomic E-state index is 12.9. The van der Waals surface area contributed by atoms with E-state index in [2.05, 4.69) is 60.6 Å². The van der Waals surface area contributed by atoms with Gasteiger partial charge in [0.1, 0.15) is 11.6 Å². The quantitative estimate of drug-likeness (QED) is 0.0652. The van der Waals surface area contributed by atoms with Crippen LogP contribution in [0.3, 0.4) is 0 Å². The largest absolute Gasteiger partial charge is 1.00 e. The van der Waals surface area contributed by atoms with Gasteiger partial charge in [-0.15, -0.1) is 20.5 Å². The third-order valence-electron chi connectivity index (χ3n) is 9.12. The molecule has 0 saturated heterocycles. The Bertz CT molecular complexity index is 3110. The minimum atomic E-state index is -1.71. The van der Waals surface area contributed by atoms with E-state index in [9.17, 15) is 50.0 Å². The van der Waals surface area contributed by atoms with Crippen molar-refractivity contribution in [2.24, 2.45) is 20.5 Å². The fourth-order valence-electron chi connectivity index (χ4n) is 6.11. The maximum absolute atomic E-state index is 12.9. The van der Waals surface area contributed by atoms with E-state index in [-0.39, 0.29) is 228 Å². The Morgan fingerprint density at radius 3 is 1.30 bits per heavy atom. The summed E-state index contributed by atoms with van der Waals surface area (Å²) >= 11 is 0. The van der Waals surface area contributed by atoms with E-state index in [1.165, 1.54) is 27.7 Å². The summed E-state index contributed by atoms with van der Waals surface area (Å²) in [5, 5.41) is 103. The number of carbonyl (C=O) groups excluding carboxylic acids is 4. The molecule has 70 heavy (non-hydrogen) atoms. The number of anilines is 2. The van der Waals surface area contributed by atoms with Gasteiger partial charge in [0.15, 0.2) is 34.6 Å². The van der Waals surface area contributed by atoms with Crippen molar-refractivity contribution in [2.75, 3.05) is 11.5 Å². The van der Waals surface area contributed by atoms with Crippen LogP contribution in [-0.2, 0) is 0 Å². The minimum Gasteiger partial charge on any atom is -0.844 e. The number of carbonyl (C=O) groups is 4. The molecule has 0 fully saturated rings. The molecular formula is C37H22N19Na5O9. The number of hydrogen-bond donors (Lipinski definition) is 2. The van der Waals surface area contributed by atoms with Gasteiger partial charge in [-0.2, -0.15) is 40.0 Å². The monoisotopic (exact) mass is 991 g/mol. The smallest absolute Gasteiger partial charge is 0.844 e. The second kappa shape index (κ2) is 24.7. The van der Waals surface area contributed by atoms with Gasteiger partial charge in [-0.1, -0.05) is 0 Å². The predicted octanol–water partition coefficient (Wildman–Crippen LogP) is -16.2. The van der Waals surface area contributed by atoms with Crippen LogP contribution in [0.2, 0.25) is 0 Å². The van der Waals surface area contributed by atoms with Gasteiger partial charge in [0, 0.05) is 0 Å². The van der Waals surface area contributed by atoms with Crippen LogP contribution in [0.5, 0.6) is 6.01 Å². The molecule has 0 aliphatic heterocycles. The van der Waals surface area contributed by atoms with Crippen molar-refractivity contribution in [1.29, 1.82) is 5.26 Å². The molecule has 0 radical (unpaired) electrons. The summed E-state index contributed by atoms with van der Waals surface area (Å²) in [7, 11) is 0. The first-order chi connectivity index (χ1) is 30.8. The Balaban J connectivity index is 0.00000336. The van der Waals surface area contributed by atoms with Crippen molar-refractivity contribution in [3.8, 4) is 35.4 Å². The van der Waals surface area contributed by atoms with Crippen LogP contribution in [-0.4, -0.2) is 78.0 Å². The summed E-state index contributed by atoms with van der Waals surface area (Å²) in [4.78, 5) is 61.9. The number of nitrogens with zero attached hydrogens (tertiary/aromatic N) is 17. The summed E-state index contributed by atoms with van der Waals surface area (Å²) in [5.41, 5.74) is 10.3. The Hall–Kier alpha value is -5.25. The molecule has 4 N–H and O–H groups in total. The zero-order chi connectivity index (χ0) is 47.2. The number of aromatic nitrogens is 11. The number of hydrogen-bond acceptors (Lipinski definition) is 23. The second-order valence-electron chi connectivity index (χ2n) is 13.4. The van der Waals surface area contributed by atoms with Crippen LogP contribution in [0.25, 0.3) is 28.1 Å². The van der Waals surface area contributed by atoms with E-state index in [0.717, 1.165) is 55.1 Å². The third-order valence-corrected chi connectivity index (χ3v) is 9.12. The van der Waals surface area contributed by atoms with Gasteiger partial charge in [-0.05, 0) is 86.3 Å². The summed E-state index contributed by atoms with van der Waals surface area (Å²) < 4.78 is 3.78. The fourth-order valence-corrected chi connectivity index (χ4v) is 6.11. The van der Waals surface area contributed by atoms with Gasteiger partial charge in [-0.3, -0.25) is 0 Å². The van der Waals surface area contributed by atoms with Crippen LogP contribution >= 0.6 is 0 Å².